The van der Waals surface area contributed by atoms with E-state index in [9.17, 15) is 31.1 Å². The van der Waals surface area contributed by atoms with E-state index in [1.165, 1.54) is 0 Å². The largest absolute Gasteiger partial charge is 0.416 e. The molecule has 2 aliphatic rings. The van der Waals surface area contributed by atoms with Gasteiger partial charge in [0.15, 0.2) is 0 Å². The fraction of sp³-hybridized carbons (Fsp3) is 0.182. The summed E-state index contributed by atoms with van der Waals surface area (Å²) in [7, 11) is -0.999. The molecule has 0 radical (unpaired) electrons. The van der Waals surface area contributed by atoms with Gasteiger partial charge in [-0.05, 0) is 61.3 Å². The van der Waals surface area contributed by atoms with Crippen LogP contribution >= 0.6 is 7.92 Å². The molecule has 0 fully saturated rings. The van der Waals surface area contributed by atoms with E-state index in [-0.39, 0.29) is 23.1 Å². The molecule has 0 saturated carbocycles. The van der Waals surface area contributed by atoms with Crippen molar-refractivity contribution in [3.63, 3.8) is 0 Å². The third kappa shape index (κ3) is 9.82. The minimum absolute atomic E-state index is 0. The Hall–Kier alpha value is -3.38. The second-order valence-electron chi connectivity index (χ2n) is 9.57. The van der Waals surface area contributed by atoms with Crippen LogP contribution in [0.5, 0.6) is 0 Å². The number of alkyl halides is 6. The Morgan fingerprint density at radius 3 is 1.65 bits per heavy atom. The predicted molar refractivity (Wildman–Crippen MR) is 156 cm³/mol. The summed E-state index contributed by atoms with van der Waals surface area (Å²) in [6.07, 6.45) is 5.89. The molecule has 0 aromatic heterocycles. The minimum atomic E-state index is -5.04. The smallest absolute Gasteiger partial charge is 0.345 e. The fourth-order valence-electron chi connectivity index (χ4n) is 4.46. The Bertz CT molecular complexity index is 1400. The Balaban J connectivity index is 0.000000765. The first-order valence-electron chi connectivity index (χ1n) is 13.2. The van der Waals surface area contributed by atoms with Crippen LogP contribution in [0.3, 0.4) is 0 Å². The molecule has 0 bridgehead atoms. The van der Waals surface area contributed by atoms with Crippen LogP contribution in [0.2, 0.25) is 0 Å². The molecule has 3 aromatic rings. The van der Waals surface area contributed by atoms with Gasteiger partial charge in [0.25, 0.3) is 5.91 Å². The minimum Gasteiger partial charge on any atom is -0.345 e. The van der Waals surface area contributed by atoms with Crippen molar-refractivity contribution in [3.05, 3.63) is 144 Å². The summed E-state index contributed by atoms with van der Waals surface area (Å²) in [6, 6.07) is 19.6. The van der Waals surface area contributed by atoms with Gasteiger partial charge >= 0.3 is 12.4 Å². The molecule has 3 aromatic carbocycles. The van der Waals surface area contributed by atoms with Crippen molar-refractivity contribution in [3.8, 4) is 0 Å². The number of nitrogens with one attached hydrogen (secondary N) is 1. The number of halogens is 6. The van der Waals surface area contributed by atoms with Gasteiger partial charge in [0.1, 0.15) is 0 Å². The Morgan fingerprint density at radius 1 is 0.744 bits per heavy atom. The first-order valence-corrected chi connectivity index (χ1v) is 14.7. The number of hydrogen-bond donors (Lipinski definition) is 1. The van der Waals surface area contributed by atoms with E-state index in [1.807, 2.05) is 78.9 Å². The normalized spacial score (nSPS) is 14.5. The number of allylic oxidation sites excluding steroid dienone is 7. The molecule has 0 spiro atoms. The van der Waals surface area contributed by atoms with E-state index in [0.29, 0.717) is 24.7 Å². The second kappa shape index (κ2) is 15.4. The van der Waals surface area contributed by atoms with Crippen LogP contribution in [0.25, 0.3) is 0 Å². The van der Waals surface area contributed by atoms with Crippen molar-refractivity contribution in [2.45, 2.75) is 31.2 Å². The zero-order valence-corrected chi connectivity index (χ0v) is 24.7. The predicted octanol–water partition coefficient (Wildman–Crippen LogP) is 8.34. The number of carbonyl (C=O) groups excluding carboxylic acids is 1. The van der Waals surface area contributed by atoms with Crippen LogP contribution in [0, 0.1) is 0 Å². The molecule has 10 heteroatoms. The first kappa shape index (κ1) is 34.1. The molecule has 2 aliphatic carbocycles. The maximum absolute atomic E-state index is 13.3. The summed E-state index contributed by atoms with van der Waals surface area (Å²) in [5.41, 5.74) is -2.92. The molecule has 0 aliphatic heterocycles. The van der Waals surface area contributed by atoms with Gasteiger partial charge in [-0.3, -0.25) is 4.79 Å². The van der Waals surface area contributed by atoms with E-state index in [2.05, 4.69) is 29.6 Å². The summed E-state index contributed by atoms with van der Waals surface area (Å²) in [6.45, 7) is 0. The molecule has 0 unspecified atom stereocenters. The maximum Gasteiger partial charge on any atom is 0.416 e. The zero-order chi connectivity index (χ0) is 30.2. The van der Waals surface area contributed by atoms with Gasteiger partial charge in [-0.15, -0.1) is 0 Å². The molecule has 226 valence electrons. The number of benzene rings is 3. The van der Waals surface area contributed by atoms with E-state index in [4.69, 9.17) is 0 Å². The summed E-state index contributed by atoms with van der Waals surface area (Å²) >= 11 is 0. The van der Waals surface area contributed by atoms with Crippen LogP contribution in [0.15, 0.2) is 127 Å². The van der Waals surface area contributed by atoms with Crippen molar-refractivity contribution in [2.24, 2.45) is 0 Å². The quantitative estimate of drug-likeness (QED) is 0.155. The second-order valence-corrected chi connectivity index (χ2v) is 11.8. The molecular formula is C33H28F6FeNOP. The molecule has 1 atom stereocenters. The average molecular weight is 655 g/mol. The van der Waals surface area contributed by atoms with Crippen molar-refractivity contribution in [2.75, 3.05) is 6.16 Å². The Kier molecular flexibility index (Phi) is 12.2. The first-order chi connectivity index (χ1) is 20.0. The third-order valence-electron chi connectivity index (χ3n) is 6.56. The van der Waals surface area contributed by atoms with Gasteiger partial charge < -0.3 is 5.32 Å². The van der Waals surface area contributed by atoms with Crippen LogP contribution in [-0.2, 0) is 29.4 Å². The van der Waals surface area contributed by atoms with Crippen LogP contribution in [-0.4, -0.2) is 18.1 Å². The summed E-state index contributed by atoms with van der Waals surface area (Å²) < 4.78 is 80.0. The number of carbonyl (C=O) groups is 1. The van der Waals surface area contributed by atoms with Crippen molar-refractivity contribution in [1.82, 2.24) is 5.32 Å². The van der Waals surface area contributed by atoms with E-state index < -0.39 is 48.9 Å². The zero-order valence-electron chi connectivity index (χ0n) is 22.7. The maximum atomic E-state index is 13.3. The SMILES string of the molecule is C1=CCC=C1.O=C(N[C@H](CP(c1ccccc1)c1ccccc1)C1=CC=CC1)c1cc(C(F)(F)F)cc(C(F)(F)F)c1.[Fe]. The number of hydrogen-bond acceptors (Lipinski definition) is 1. The van der Waals surface area contributed by atoms with Gasteiger partial charge in [-0.1, -0.05) is 103 Å². The van der Waals surface area contributed by atoms with Crippen LogP contribution in [0.4, 0.5) is 26.3 Å². The summed E-state index contributed by atoms with van der Waals surface area (Å²) in [4.78, 5) is 13.1. The fourth-order valence-corrected chi connectivity index (χ4v) is 6.93. The van der Waals surface area contributed by atoms with Crippen molar-refractivity contribution in [1.29, 1.82) is 0 Å². The Morgan fingerprint density at radius 2 is 1.26 bits per heavy atom. The molecule has 43 heavy (non-hydrogen) atoms. The molecule has 0 saturated heterocycles. The average Bonchev–Trinajstić information content (AvgIpc) is 3.73. The summed E-state index contributed by atoms with van der Waals surface area (Å²) in [5, 5.41) is 4.81. The molecule has 1 N–H and O–H groups in total. The van der Waals surface area contributed by atoms with Crippen molar-refractivity contribution >= 4 is 24.4 Å². The van der Waals surface area contributed by atoms with Gasteiger partial charge in [0.2, 0.25) is 0 Å². The van der Waals surface area contributed by atoms with Crippen molar-refractivity contribution < 1.29 is 48.2 Å². The standard InChI is InChI=1S/C28H22F6NOP.C5H6.Fe/c29-27(30,31)21-15-20(16-22(17-21)28(32,33)34)26(36)35-25(19-9-7-8-10-19)18-37(23-11-3-1-4-12-23)24-13-5-2-6-14-24;1-2-4-5-3-1;/h1-9,11-17,25H,10,18H2,(H,35,36);1-4H,5H2;/t25-;;/m1../s1. The molecule has 2 nitrogen and oxygen atoms in total. The van der Waals surface area contributed by atoms with E-state index in [0.717, 1.165) is 22.6 Å². The van der Waals surface area contributed by atoms with E-state index in [1.54, 1.807) is 0 Å². The van der Waals surface area contributed by atoms with Crippen LogP contribution < -0.4 is 15.9 Å². The molecule has 1 amide bonds. The number of amides is 1. The third-order valence-corrected chi connectivity index (χ3v) is 9.13. The summed E-state index contributed by atoms with van der Waals surface area (Å²) in [5.74, 6) is -0.995. The molecule has 5 rings (SSSR count). The van der Waals surface area contributed by atoms with Gasteiger partial charge in [0.05, 0.1) is 17.2 Å². The van der Waals surface area contributed by atoms with Gasteiger partial charge in [0, 0.05) is 22.6 Å². The van der Waals surface area contributed by atoms with Gasteiger partial charge in [-0.25, -0.2) is 0 Å². The Labute approximate surface area is 258 Å². The van der Waals surface area contributed by atoms with Crippen LogP contribution in [0.1, 0.15) is 34.3 Å². The number of rotatable bonds is 7. The van der Waals surface area contributed by atoms with E-state index >= 15 is 0 Å². The topological polar surface area (TPSA) is 29.1 Å². The monoisotopic (exact) mass is 655 g/mol. The van der Waals surface area contributed by atoms with Gasteiger partial charge in [-0.2, -0.15) is 26.3 Å². The molecular weight excluding hydrogens is 627 g/mol. The molecule has 0 heterocycles.